The number of rotatable bonds is 10. The second-order valence-corrected chi connectivity index (χ2v) is 17.0. The Balaban J connectivity index is 0.806. The summed E-state index contributed by atoms with van der Waals surface area (Å²) >= 11 is 0. The first kappa shape index (κ1) is 39.0. The van der Waals surface area contributed by atoms with Crippen molar-refractivity contribution >= 4 is 72.8 Å². The third kappa shape index (κ3) is 7.04. The maximum Gasteiger partial charge on any atom is 0.0541 e. The SMILES string of the molecule is C(=Cc1ccc(N(c2ccccc2)c2ccc(-n3c4ccccc4c4ccccc43)cc2)cc1)c1ccc(C(c2ccccc2)c2ccc(-n3c4ccccc4c4ccccc43)cc2)cc1. The highest BCUT2D eigenvalue weighted by Gasteiger charge is 2.19. The number of hydrogen-bond acceptors (Lipinski definition) is 1. The van der Waals surface area contributed by atoms with Gasteiger partial charge < -0.3 is 14.0 Å². The van der Waals surface area contributed by atoms with Crippen LogP contribution in [-0.4, -0.2) is 9.13 Å². The van der Waals surface area contributed by atoms with Crippen molar-refractivity contribution in [1.82, 2.24) is 9.13 Å². The molecule has 66 heavy (non-hydrogen) atoms. The van der Waals surface area contributed by atoms with Gasteiger partial charge in [-0.3, -0.25) is 0 Å². The van der Waals surface area contributed by atoms with Gasteiger partial charge in [-0.25, -0.2) is 0 Å². The lowest BCUT2D eigenvalue weighted by Gasteiger charge is -2.26. The molecule has 0 N–H and O–H groups in total. The van der Waals surface area contributed by atoms with Gasteiger partial charge in [0.25, 0.3) is 0 Å². The van der Waals surface area contributed by atoms with Gasteiger partial charge in [-0.15, -0.1) is 0 Å². The second-order valence-electron chi connectivity index (χ2n) is 17.0. The standard InChI is InChI=1S/C63H45N3/c1-3-15-47(16-4-1)63(49-35-39-53(40-36-49)65-59-23-11-7-19-55(59)56-20-8-12-24-60(56)65)48-33-29-45(30-34-48)27-28-46-31-37-51(38-32-46)64(50-17-5-2-6-18-50)52-41-43-54(44-42-52)66-61-25-13-9-21-57(61)58-22-10-14-26-62(58)66/h1-44,63H. The van der Waals surface area contributed by atoms with Crippen LogP contribution in [0.4, 0.5) is 17.1 Å². The van der Waals surface area contributed by atoms with E-state index in [0.717, 1.165) is 39.6 Å². The van der Waals surface area contributed by atoms with E-state index in [1.54, 1.807) is 0 Å². The van der Waals surface area contributed by atoms with E-state index in [9.17, 15) is 0 Å². The number of benzene rings is 10. The van der Waals surface area contributed by atoms with Gasteiger partial charge in [0.2, 0.25) is 0 Å². The van der Waals surface area contributed by atoms with E-state index in [-0.39, 0.29) is 5.92 Å². The highest BCUT2D eigenvalue weighted by molar-refractivity contribution is 6.10. The monoisotopic (exact) mass is 843 g/mol. The largest absolute Gasteiger partial charge is 0.311 e. The molecule has 0 aliphatic carbocycles. The lowest BCUT2D eigenvalue weighted by molar-refractivity contribution is 0.974. The van der Waals surface area contributed by atoms with Crippen LogP contribution in [0, 0.1) is 0 Å². The summed E-state index contributed by atoms with van der Waals surface area (Å²) in [7, 11) is 0. The van der Waals surface area contributed by atoms with E-state index in [1.807, 2.05) is 0 Å². The van der Waals surface area contributed by atoms with Gasteiger partial charge in [0.15, 0.2) is 0 Å². The molecule has 0 spiro atoms. The number of fused-ring (bicyclic) bond motifs is 6. The minimum Gasteiger partial charge on any atom is -0.311 e. The van der Waals surface area contributed by atoms with Crippen LogP contribution in [0.1, 0.15) is 33.7 Å². The summed E-state index contributed by atoms with van der Waals surface area (Å²) in [5.74, 6) is 0.0985. The van der Waals surface area contributed by atoms with Crippen molar-refractivity contribution in [2.24, 2.45) is 0 Å². The molecule has 0 aliphatic heterocycles. The molecule has 0 bridgehead atoms. The zero-order valence-electron chi connectivity index (χ0n) is 36.3. The lowest BCUT2D eigenvalue weighted by atomic mass is 9.85. The number of nitrogens with zero attached hydrogens (tertiary/aromatic N) is 3. The highest BCUT2D eigenvalue weighted by atomic mass is 15.1. The fourth-order valence-electron chi connectivity index (χ4n) is 9.94. The van der Waals surface area contributed by atoms with Crippen molar-refractivity contribution in [3.63, 3.8) is 0 Å². The van der Waals surface area contributed by atoms with E-state index < -0.39 is 0 Å². The van der Waals surface area contributed by atoms with Crippen LogP contribution in [0.15, 0.2) is 255 Å². The number of para-hydroxylation sites is 5. The average molecular weight is 844 g/mol. The second kappa shape index (κ2) is 16.8. The molecule has 0 amide bonds. The van der Waals surface area contributed by atoms with Gasteiger partial charge in [0, 0.05) is 55.9 Å². The molecular weight excluding hydrogens is 799 g/mol. The van der Waals surface area contributed by atoms with E-state index in [1.165, 1.54) is 60.3 Å². The van der Waals surface area contributed by atoms with E-state index in [4.69, 9.17) is 0 Å². The Morgan fingerprint density at radius 2 is 0.576 bits per heavy atom. The van der Waals surface area contributed by atoms with Gasteiger partial charge in [-0.2, -0.15) is 0 Å². The molecule has 3 heteroatoms. The fraction of sp³-hybridized carbons (Fsp3) is 0.0159. The zero-order valence-corrected chi connectivity index (χ0v) is 36.3. The first-order valence-corrected chi connectivity index (χ1v) is 22.7. The van der Waals surface area contributed by atoms with Crippen LogP contribution in [-0.2, 0) is 0 Å². The van der Waals surface area contributed by atoms with Gasteiger partial charge in [0.05, 0.1) is 22.1 Å². The minimum atomic E-state index is 0.0985. The fourth-order valence-corrected chi connectivity index (χ4v) is 9.94. The zero-order chi connectivity index (χ0) is 43.8. The molecule has 0 fully saturated rings. The van der Waals surface area contributed by atoms with E-state index in [2.05, 4.69) is 281 Å². The Morgan fingerprint density at radius 3 is 1.02 bits per heavy atom. The third-order valence-corrected chi connectivity index (χ3v) is 13.0. The Bertz CT molecular complexity index is 3300. The van der Waals surface area contributed by atoms with Gasteiger partial charge >= 0.3 is 0 Å². The normalized spacial score (nSPS) is 12.1. The van der Waals surface area contributed by atoms with Crippen LogP contribution < -0.4 is 4.90 Å². The highest BCUT2D eigenvalue weighted by Crippen LogP contribution is 2.39. The molecular formula is C63H45N3. The molecule has 1 unspecified atom stereocenters. The van der Waals surface area contributed by atoms with Crippen molar-refractivity contribution in [3.05, 3.63) is 283 Å². The van der Waals surface area contributed by atoms with Gasteiger partial charge in [-0.1, -0.05) is 182 Å². The molecule has 0 radical (unpaired) electrons. The van der Waals surface area contributed by atoms with Crippen molar-refractivity contribution < 1.29 is 0 Å². The molecule has 3 nitrogen and oxygen atoms in total. The molecule has 2 heterocycles. The van der Waals surface area contributed by atoms with Crippen LogP contribution in [0.2, 0.25) is 0 Å². The predicted octanol–water partition coefficient (Wildman–Crippen LogP) is 16.7. The average Bonchev–Trinajstić information content (AvgIpc) is 3.91. The van der Waals surface area contributed by atoms with Crippen LogP contribution >= 0.6 is 0 Å². The van der Waals surface area contributed by atoms with Gasteiger partial charge in [0.1, 0.15) is 0 Å². The summed E-state index contributed by atoms with van der Waals surface area (Å²) in [5.41, 5.74) is 16.6. The lowest BCUT2D eigenvalue weighted by Crippen LogP contribution is -2.10. The summed E-state index contributed by atoms with van der Waals surface area (Å²) in [5, 5.41) is 5.07. The summed E-state index contributed by atoms with van der Waals surface area (Å²) in [6.07, 6.45) is 4.41. The van der Waals surface area contributed by atoms with Gasteiger partial charge in [-0.05, 0) is 113 Å². The molecule has 312 valence electrons. The molecule has 1 atom stereocenters. The topological polar surface area (TPSA) is 13.1 Å². The Hall–Kier alpha value is -8.66. The molecule has 0 saturated heterocycles. The summed E-state index contributed by atoms with van der Waals surface area (Å²) in [6.45, 7) is 0. The van der Waals surface area contributed by atoms with Crippen LogP contribution in [0.25, 0.3) is 67.1 Å². The maximum atomic E-state index is 2.38. The van der Waals surface area contributed by atoms with Crippen molar-refractivity contribution in [3.8, 4) is 11.4 Å². The first-order valence-electron chi connectivity index (χ1n) is 22.7. The minimum absolute atomic E-state index is 0.0985. The number of anilines is 3. The third-order valence-electron chi connectivity index (χ3n) is 13.0. The molecule has 10 aromatic carbocycles. The van der Waals surface area contributed by atoms with E-state index >= 15 is 0 Å². The summed E-state index contributed by atoms with van der Waals surface area (Å²) < 4.78 is 4.75. The molecule has 0 aliphatic rings. The number of hydrogen-bond donors (Lipinski definition) is 0. The Labute approximate surface area is 385 Å². The molecule has 2 aromatic heterocycles. The summed E-state index contributed by atoms with van der Waals surface area (Å²) in [6, 6.07) is 92.1. The van der Waals surface area contributed by atoms with Crippen molar-refractivity contribution in [1.29, 1.82) is 0 Å². The quantitative estimate of drug-likeness (QED) is 0.0987. The van der Waals surface area contributed by atoms with E-state index in [0.29, 0.717) is 0 Å². The Morgan fingerprint density at radius 1 is 0.273 bits per heavy atom. The number of aromatic nitrogens is 2. The predicted molar refractivity (Wildman–Crippen MR) is 279 cm³/mol. The molecule has 12 rings (SSSR count). The van der Waals surface area contributed by atoms with Crippen LogP contribution in [0.5, 0.6) is 0 Å². The summed E-state index contributed by atoms with van der Waals surface area (Å²) in [4.78, 5) is 2.32. The van der Waals surface area contributed by atoms with Crippen molar-refractivity contribution in [2.45, 2.75) is 5.92 Å². The smallest absolute Gasteiger partial charge is 0.0541 e. The molecule has 12 aromatic rings. The maximum absolute atomic E-state index is 2.38. The first-order chi connectivity index (χ1) is 32.7. The Kier molecular flexibility index (Phi) is 9.92. The van der Waals surface area contributed by atoms with Crippen LogP contribution in [0.3, 0.4) is 0 Å². The molecule has 0 saturated carbocycles. The van der Waals surface area contributed by atoms with Crippen molar-refractivity contribution in [2.75, 3.05) is 4.90 Å².